The van der Waals surface area contributed by atoms with Gasteiger partial charge < -0.3 is 14.0 Å². The zero-order valence-corrected chi connectivity index (χ0v) is 31.4. The summed E-state index contributed by atoms with van der Waals surface area (Å²) in [6.45, 7) is 16.0. The minimum Gasteiger partial charge on any atom is -0.501 e. The predicted molar refractivity (Wildman–Crippen MR) is 192 cm³/mol. The summed E-state index contributed by atoms with van der Waals surface area (Å²) in [6, 6.07) is 33.6. The largest absolute Gasteiger partial charge is 0.501 e. The second-order valence-electron chi connectivity index (χ2n) is 13.6. The van der Waals surface area contributed by atoms with Crippen LogP contribution in [0.15, 0.2) is 95.5 Å². The summed E-state index contributed by atoms with van der Waals surface area (Å²) in [6.07, 6.45) is 3.24. The first-order chi connectivity index (χ1) is 22.0. The molecule has 0 amide bonds. The van der Waals surface area contributed by atoms with Crippen molar-refractivity contribution in [3.8, 4) is 22.6 Å². The van der Waals surface area contributed by atoms with Gasteiger partial charge in [-0.2, -0.15) is 0 Å². The van der Waals surface area contributed by atoms with E-state index in [9.17, 15) is 4.39 Å². The van der Waals surface area contributed by atoms with E-state index < -0.39 is 8.07 Å². The summed E-state index contributed by atoms with van der Waals surface area (Å²) in [5.41, 5.74) is 7.75. The summed E-state index contributed by atoms with van der Waals surface area (Å²) in [4.78, 5) is 9.53. The number of nitrogens with zero attached hydrogens (tertiary/aromatic N) is 3. The topological polar surface area (TPSA) is 43.9 Å². The van der Waals surface area contributed by atoms with Gasteiger partial charge in [0.1, 0.15) is 11.4 Å². The van der Waals surface area contributed by atoms with Crippen molar-refractivity contribution in [2.24, 2.45) is 5.92 Å². The van der Waals surface area contributed by atoms with Gasteiger partial charge in [-0.15, -0.1) is 54.1 Å². The Morgan fingerprint density at radius 1 is 0.872 bits per heavy atom. The molecule has 0 saturated heterocycles. The standard InChI is InChI=1S/C22H16FN2O.C18H24NSi.Ir/c1-13(2)25-19-9-4-3-8-18(19)24-22(25)16-7-5-6-15-17-12-14(23)10-11-20(17)26-21(15)16;1-14(2)11-16-12-17(15-9-7-6-8-10-15)19-13-18(16)20(3,4)5;/h3-6,8-13H,1-2H3;6-9,12-14H,11H2,1-5H3;/q2*-1;. The molecule has 7 aromatic rings. The fraction of sp³-hybridized carbons (Fsp3) is 0.250. The molecular weight excluding hydrogens is 778 g/mol. The van der Waals surface area contributed by atoms with Crippen LogP contribution in [0.25, 0.3) is 55.6 Å². The molecular formula is C40H40FIrN3OSi-2. The maximum absolute atomic E-state index is 13.7. The Labute approximate surface area is 291 Å². The van der Waals surface area contributed by atoms with Crippen molar-refractivity contribution in [2.45, 2.75) is 59.8 Å². The van der Waals surface area contributed by atoms with Crippen molar-refractivity contribution in [3.05, 3.63) is 115 Å². The van der Waals surface area contributed by atoms with Crippen LogP contribution in [0.2, 0.25) is 19.6 Å². The molecule has 0 aliphatic rings. The molecule has 7 rings (SSSR count). The minimum absolute atomic E-state index is 0. The number of aromatic nitrogens is 3. The zero-order chi connectivity index (χ0) is 32.6. The number of halogens is 1. The van der Waals surface area contributed by atoms with E-state index in [1.807, 2.05) is 48.5 Å². The third-order valence-corrected chi connectivity index (χ3v) is 10.2. The maximum Gasteiger partial charge on any atom is 0.124 e. The molecule has 0 saturated carbocycles. The molecule has 0 aliphatic heterocycles. The van der Waals surface area contributed by atoms with Gasteiger partial charge in [0.05, 0.1) is 30.5 Å². The molecule has 4 nitrogen and oxygen atoms in total. The molecule has 0 atom stereocenters. The summed E-state index contributed by atoms with van der Waals surface area (Å²) >= 11 is 0. The fourth-order valence-electron chi connectivity index (χ4n) is 6.10. The van der Waals surface area contributed by atoms with Crippen LogP contribution in [-0.2, 0) is 26.5 Å². The van der Waals surface area contributed by atoms with Gasteiger partial charge in [-0.3, -0.25) is 4.98 Å². The van der Waals surface area contributed by atoms with E-state index in [2.05, 4.69) is 93.4 Å². The van der Waals surface area contributed by atoms with Gasteiger partial charge in [-0.05, 0) is 67.4 Å². The van der Waals surface area contributed by atoms with E-state index in [-0.39, 0.29) is 32.0 Å². The summed E-state index contributed by atoms with van der Waals surface area (Å²) < 4.78 is 22.0. The van der Waals surface area contributed by atoms with Crippen LogP contribution in [0.5, 0.6) is 0 Å². The first-order valence-electron chi connectivity index (χ1n) is 16.0. The Morgan fingerprint density at radius 3 is 2.34 bits per heavy atom. The van der Waals surface area contributed by atoms with E-state index in [4.69, 9.17) is 9.40 Å². The van der Waals surface area contributed by atoms with E-state index >= 15 is 0 Å². The van der Waals surface area contributed by atoms with Crippen LogP contribution in [0.3, 0.4) is 0 Å². The number of imidazole rings is 1. The normalized spacial score (nSPS) is 11.7. The fourth-order valence-corrected chi connectivity index (χ4v) is 7.69. The van der Waals surface area contributed by atoms with Gasteiger partial charge in [0, 0.05) is 37.7 Å². The second-order valence-corrected chi connectivity index (χ2v) is 18.6. The SMILES string of the molecule is CC(C)Cc1cc(-c2[c-]cccc2)ncc1[Si](C)(C)C.CC(C)n1c(-c2[c-]ccc3c2oc2ccc(F)cc23)nc2ccccc21.[Ir]. The number of pyridine rings is 1. The molecule has 3 aromatic heterocycles. The van der Waals surface area contributed by atoms with Crippen molar-refractivity contribution in [1.82, 2.24) is 14.5 Å². The Hall–Kier alpha value is -3.90. The number of hydrogen-bond acceptors (Lipinski definition) is 3. The molecule has 0 bridgehead atoms. The number of hydrogen-bond donors (Lipinski definition) is 0. The first-order valence-corrected chi connectivity index (χ1v) is 19.5. The monoisotopic (exact) mass is 818 g/mol. The molecule has 0 aliphatic carbocycles. The van der Waals surface area contributed by atoms with Gasteiger partial charge in [-0.1, -0.05) is 68.2 Å². The van der Waals surface area contributed by atoms with Gasteiger partial charge in [0.15, 0.2) is 0 Å². The van der Waals surface area contributed by atoms with Crippen molar-refractivity contribution < 1.29 is 28.9 Å². The Morgan fingerprint density at radius 2 is 1.64 bits per heavy atom. The maximum atomic E-state index is 13.7. The summed E-state index contributed by atoms with van der Waals surface area (Å²) in [5, 5.41) is 3.13. The smallest absolute Gasteiger partial charge is 0.124 e. The molecule has 4 aromatic carbocycles. The second kappa shape index (κ2) is 14.1. The molecule has 0 unspecified atom stereocenters. The number of furan rings is 1. The van der Waals surface area contributed by atoms with E-state index in [1.165, 1.54) is 22.9 Å². The number of para-hydroxylation sites is 2. The molecule has 3 heterocycles. The third-order valence-electron chi connectivity index (χ3n) is 8.14. The predicted octanol–water partition coefficient (Wildman–Crippen LogP) is 10.4. The number of benzene rings is 4. The van der Waals surface area contributed by atoms with Crippen LogP contribution >= 0.6 is 0 Å². The van der Waals surface area contributed by atoms with Crippen molar-refractivity contribution in [2.75, 3.05) is 0 Å². The number of fused-ring (bicyclic) bond motifs is 4. The van der Waals surface area contributed by atoms with Gasteiger partial charge >= 0.3 is 0 Å². The summed E-state index contributed by atoms with van der Waals surface area (Å²) in [5.74, 6) is 1.20. The first kappa shape index (κ1) is 34.4. The number of rotatable bonds is 6. The molecule has 0 fully saturated rings. The van der Waals surface area contributed by atoms with Gasteiger partial charge in [0.2, 0.25) is 0 Å². The Balaban J connectivity index is 0.000000188. The van der Waals surface area contributed by atoms with Crippen molar-refractivity contribution >= 4 is 46.2 Å². The molecule has 1 radical (unpaired) electrons. The van der Waals surface area contributed by atoms with Crippen molar-refractivity contribution in [1.29, 1.82) is 0 Å². The quantitative estimate of drug-likeness (QED) is 0.124. The van der Waals surface area contributed by atoms with E-state index in [1.54, 1.807) is 6.07 Å². The van der Waals surface area contributed by atoms with Gasteiger partial charge in [-0.25, -0.2) is 4.39 Å². The van der Waals surface area contributed by atoms with Crippen LogP contribution in [0.4, 0.5) is 4.39 Å². The molecule has 0 N–H and O–H groups in total. The third kappa shape index (κ3) is 7.18. The molecule has 243 valence electrons. The molecule has 7 heteroatoms. The minimum atomic E-state index is -1.34. The van der Waals surface area contributed by atoms with Crippen LogP contribution in [0.1, 0.15) is 39.3 Å². The Bertz CT molecular complexity index is 2140. The molecule has 0 spiro atoms. The summed E-state index contributed by atoms with van der Waals surface area (Å²) in [7, 11) is -1.34. The Kier molecular flexibility index (Phi) is 10.3. The van der Waals surface area contributed by atoms with E-state index in [0.29, 0.717) is 17.1 Å². The van der Waals surface area contributed by atoms with Gasteiger partial charge in [0.25, 0.3) is 0 Å². The van der Waals surface area contributed by atoms with E-state index in [0.717, 1.165) is 50.9 Å². The van der Waals surface area contributed by atoms with Crippen molar-refractivity contribution in [3.63, 3.8) is 0 Å². The zero-order valence-electron chi connectivity index (χ0n) is 28.0. The van der Waals surface area contributed by atoms with Crippen LogP contribution in [0, 0.1) is 23.9 Å². The average molecular weight is 818 g/mol. The molecule has 47 heavy (non-hydrogen) atoms. The van der Waals surface area contributed by atoms with Crippen LogP contribution in [-0.4, -0.2) is 22.6 Å². The van der Waals surface area contributed by atoms with Crippen LogP contribution < -0.4 is 5.19 Å². The average Bonchev–Trinajstić information content (AvgIpc) is 3.59.